The van der Waals surface area contributed by atoms with Gasteiger partial charge in [0.25, 0.3) is 5.91 Å². The zero-order valence-electron chi connectivity index (χ0n) is 12.8. The largest absolute Gasteiger partial charge is 0.348 e. The predicted molar refractivity (Wildman–Crippen MR) is 83.8 cm³/mol. The van der Waals surface area contributed by atoms with Crippen molar-refractivity contribution in [3.8, 4) is 0 Å². The first kappa shape index (κ1) is 15.0. The summed E-state index contributed by atoms with van der Waals surface area (Å²) < 4.78 is 0. The van der Waals surface area contributed by atoms with Gasteiger partial charge in [0.1, 0.15) is 0 Å². The minimum atomic E-state index is -0.213. The molecule has 0 aliphatic heterocycles. The lowest BCUT2D eigenvalue weighted by Crippen LogP contribution is -2.30. The van der Waals surface area contributed by atoms with Crippen molar-refractivity contribution >= 4 is 17.4 Å². The van der Waals surface area contributed by atoms with E-state index in [0.717, 1.165) is 5.69 Å². The number of rotatable bonds is 4. The number of anilines is 2. The average Bonchev–Trinajstić information content (AvgIpc) is 2.43. The van der Waals surface area contributed by atoms with Crippen LogP contribution < -0.4 is 10.6 Å². The molecule has 0 saturated carbocycles. The third-order valence-corrected chi connectivity index (χ3v) is 3.10. The highest BCUT2D eigenvalue weighted by atomic mass is 16.1. The van der Waals surface area contributed by atoms with Crippen LogP contribution in [0.1, 0.15) is 35.5 Å². The number of amides is 1. The molecule has 0 bridgehead atoms. The summed E-state index contributed by atoms with van der Waals surface area (Å²) in [6, 6.07) is 9.58. The van der Waals surface area contributed by atoms with E-state index >= 15 is 0 Å². The highest BCUT2D eigenvalue weighted by Gasteiger charge is 2.09. The molecule has 0 unspecified atom stereocenters. The SMILES string of the molecule is Cc1ccc(Nc2ccc(C(=O)NC(C)C)nn2)cc1C. The third-order valence-electron chi connectivity index (χ3n) is 3.10. The number of aryl methyl sites for hydroxylation is 2. The summed E-state index contributed by atoms with van der Waals surface area (Å²) in [7, 11) is 0. The summed E-state index contributed by atoms with van der Waals surface area (Å²) in [5.41, 5.74) is 3.72. The van der Waals surface area contributed by atoms with Crippen LogP contribution in [-0.4, -0.2) is 22.1 Å². The molecule has 5 heteroatoms. The Morgan fingerprint density at radius 2 is 1.81 bits per heavy atom. The van der Waals surface area contributed by atoms with E-state index in [2.05, 4.69) is 46.8 Å². The minimum absolute atomic E-state index is 0.0765. The van der Waals surface area contributed by atoms with E-state index in [0.29, 0.717) is 11.5 Å². The predicted octanol–water partition coefficient (Wildman–Crippen LogP) is 2.98. The first-order valence-electron chi connectivity index (χ1n) is 6.94. The van der Waals surface area contributed by atoms with Gasteiger partial charge in [0.2, 0.25) is 0 Å². The molecule has 1 aromatic carbocycles. The van der Waals surface area contributed by atoms with Crippen LogP contribution in [0.25, 0.3) is 0 Å². The standard InChI is InChI=1S/C16H20N4O/c1-10(2)17-16(21)14-7-8-15(20-19-14)18-13-6-5-11(3)12(4)9-13/h5-10H,1-4H3,(H,17,21)(H,18,20). The molecule has 21 heavy (non-hydrogen) atoms. The van der Waals surface area contributed by atoms with E-state index in [9.17, 15) is 4.79 Å². The maximum Gasteiger partial charge on any atom is 0.271 e. The number of carbonyl (C=O) groups excluding carboxylic acids is 1. The molecule has 0 aliphatic carbocycles. The summed E-state index contributed by atoms with van der Waals surface area (Å²) >= 11 is 0. The lowest BCUT2D eigenvalue weighted by Gasteiger charge is -2.09. The second-order valence-corrected chi connectivity index (χ2v) is 5.36. The number of aromatic nitrogens is 2. The molecule has 0 atom stereocenters. The highest BCUT2D eigenvalue weighted by molar-refractivity contribution is 5.92. The Kier molecular flexibility index (Phi) is 4.52. The minimum Gasteiger partial charge on any atom is -0.348 e. The van der Waals surface area contributed by atoms with Gasteiger partial charge in [0.15, 0.2) is 11.5 Å². The van der Waals surface area contributed by atoms with Crippen molar-refractivity contribution in [2.45, 2.75) is 33.7 Å². The van der Waals surface area contributed by atoms with Crippen molar-refractivity contribution in [2.24, 2.45) is 0 Å². The summed E-state index contributed by atoms with van der Waals surface area (Å²) in [5.74, 6) is 0.398. The van der Waals surface area contributed by atoms with Crippen LogP contribution in [0.15, 0.2) is 30.3 Å². The Hall–Kier alpha value is -2.43. The van der Waals surface area contributed by atoms with Crippen LogP contribution in [0.2, 0.25) is 0 Å². The summed E-state index contributed by atoms with van der Waals surface area (Å²) in [4.78, 5) is 11.8. The summed E-state index contributed by atoms with van der Waals surface area (Å²) in [6.07, 6.45) is 0. The van der Waals surface area contributed by atoms with Crippen molar-refractivity contribution in [1.82, 2.24) is 15.5 Å². The van der Waals surface area contributed by atoms with E-state index in [1.807, 2.05) is 19.9 Å². The quantitative estimate of drug-likeness (QED) is 0.905. The number of benzene rings is 1. The normalized spacial score (nSPS) is 10.5. The van der Waals surface area contributed by atoms with Crippen LogP contribution in [0.3, 0.4) is 0 Å². The number of nitrogens with zero attached hydrogens (tertiary/aromatic N) is 2. The first-order chi connectivity index (χ1) is 9.95. The zero-order valence-corrected chi connectivity index (χ0v) is 12.8. The summed E-state index contributed by atoms with van der Waals surface area (Å²) in [5, 5.41) is 13.9. The third kappa shape index (κ3) is 4.02. The van der Waals surface area contributed by atoms with Gasteiger partial charge in [-0.3, -0.25) is 4.79 Å². The van der Waals surface area contributed by atoms with Crippen LogP contribution in [0.5, 0.6) is 0 Å². The van der Waals surface area contributed by atoms with E-state index in [4.69, 9.17) is 0 Å². The Morgan fingerprint density at radius 1 is 1.05 bits per heavy atom. The zero-order chi connectivity index (χ0) is 15.4. The number of hydrogen-bond acceptors (Lipinski definition) is 4. The second-order valence-electron chi connectivity index (χ2n) is 5.36. The molecule has 5 nitrogen and oxygen atoms in total. The van der Waals surface area contributed by atoms with Gasteiger partial charge in [-0.1, -0.05) is 6.07 Å². The fraction of sp³-hybridized carbons (Fsp3) is 0.312. The molecule has 0 aliphatic rings. The van der Waals surface area contributed by atoms with Gasteiger partial charge in [0.05, 0.1) is 0 Å². The Balaban J connectivity index is 2.08. The van der Waals surface area contributed by atoms with Crippen LogP contribution in [0, 0.1) is 13.8 Å². The number of carbonyl (C=O) groups is 1. The fourth-order valence-electron chi connectivity index (χ4n) is 1.82. The molecule has 2 aromatic rings. The molecule has 0 fully saturated rings. The highest BCUT2D eigenvalue weighted by Crippen LogP contribution is 2.17. The van der Waals surface area contributed by atoms with E-state index < -0.39 is 0 Å². The fourth-order valence-corrected chi connectivity index (χ4v) is 1.82. The molecule has 0 saturated heterocycles. The van der Waals surface area contributed by atoms with Crippen molar-refractivity contribution in [2.75, 3.05) is 5.32 Å². The maximum atomic E-state index is 11.8. The van der Waals surface area contributed by atoms with Crippen molar-refractivity contribution in [1.29, 1.82) is 0 Å². The molecular formula is C16H20N4O. The first-order valence-corrected chi connectivity index (χ1v) is 6.94. The molecule has 0 radical (unpaired) electrons. The molecule has 1 heterocycles. The van der Waals surface area contributed by atoms with E-state index in [1.165, 1.54) is 11.1 Å². The van der Waals surface area contributed by atoms with Crippen LogP contribution >= 0.6 is 0 Å². The van der Waals surface area contributed by atoms with Gasteiger partial charge in [-0.05, 0) is 63.1 Å². The average molecular weight is 284 g/mol. The second kappa shape index (κ2) is 6.35. The van der Waals surface area contributed by atoms with Gasteiger partial charge in [0, 0.05) is 11.7 Å². The monoisotopic (exact) mass is 284 g/mol. The van der Waals surface area contributed by atoms with E-state index in [1.54, 1.807) is 12.1 Å². The topological polar surface area (TPSA) is 66.9 Å². The molecule has 1 amide bonds. The lowest BCUT2D eigenvalue weighted by molar-refractivity contribution is 0.0937. The smallest absolute Gasteiger partial charge is 0.271 e. The van der Waals surface area contributed by atoms with Crippen molar-refractivity contribution < 1.29 is 4.79 Å². The molecule has 110 valence electrons. The van der Waals surface area contributed by atoms with Crippen molar-refractivity contribution in [3.05, 3.63) is 47.2 Å². The van der Waals surface area contributed by atoms with Gasteiger partial charge < -0.3 is 10.6 Å². The summed E-state index contributed by atoms with van der Waals surface area (Å²) in [6.45, 7) is 7.94. The van der Waals surface area contributed by atoms with Crippen LogP contribution in [0.4, 0.5) is 11.5 Å². The van der Waals surface area contributed by atoms with Gasteiger partial charge >= 0.3 is 0 Å². The molecule has 0 spiro atoms. The van der Waals surface area contributed by atoms with Crippen molar-refractivity contribution in [3.63, 3.8) is 0 Å². The Bertz CT molecular complexity index is 635. The van der Waals surface area contributed by atoms with Gasteiger partial charge in [-0.15, -0.1) is 10.2 Å². The number of hydrogen-bond donors (Lipinski definition) is 2. The van der Waals surface area contributed by atoms with Gasteiger partial charge in [-0.25, -0.2) is 0 Å². The molecule has 2 rings (SSSR count). The molecule has 1 aromatic heterocycles. The maximum absolute atomic E-state index is 11.8. The Labute approximate surface area is 124 Å². The Morgan fingerprint density at radius 3 is 2.38 bits per heavy atom. The number of nitrogens with one attached hydrogen (secondary N) is 2. The molecular weight excluding hydrogens is 264 g/mol. The van der Waals surface area contributed by atoms with Crippen LogP contribution in [-0.2, 0) is 0 Å². The van der Waals surface area contributed by atoms with Gasteiger partial charge in [-0.2, -0.15) is 0 Å². The lowest BCUT2D eigenvalue weighted by atomic mass is 10.1. The molecule has 2 N–H and O–H groups in total. The van der Waals surface area contributed by atoms with E-state index in [-0.39, 0.29) is 11.9 Å².